The number of amides is 2. The lowest BCUT2D eigenvalue weighted by Crippen LogP contribution is -2.40. The fraction of sp³-hybridized carbons (Fsp3) is 0.500. The molecule has 2 atom stereocenters. The smallest absolute Gasteiger partial charge is 0.239 e. The molecule has 1 fully saturated rings. The van der Waals surface area contributed by atoms with Gasteiger partial charge in [-0.15, -0.1) is 11.8 Å². The molecule has 0 radical (unpaired) electrons. The Morgan fingerprint density at radius 1 is 1.61 bits per heavy atom. The number of rotatable bonds is 4. The highest BCUT2D eigenvalue weighted by atomic mass is 32.2. The van der Waals surface area contributed by atoms with Crippen LogP contribution in [0.15, 0.2) is 22.8 Å². The van der Waals surface area contributed by atoms with Gasteiger partial charge in [0.25, 0.3) is 0 Å². The first kappa shape index (κ1) is 13.0. The standard InChI is InChI=1S/C12H16N2O3S/c1-3-13-10(15)7-14-11(16)8(2)18-12(14)9-5-4-6-17-9/h4-6,8,12H,3,7H2,1-2H3,(H,13,15)/t8-,12-/m0/s1. The Labute approximate surface area is 110 Å². The number of hydrogen-bond donors (Lipinski definition) is 1. The van der Waals surface area contributed by atoms with Crippen LogP contribution >= 0.6 is 11.8 Å². The first-order chi connectivity index (χ1) is 8.63. The monoisotopic (exact) mass is 268 g/mol. The van der Waals surface area contributed by atoms with Crippen molar-refractivity contribution in [2.75, 3.05) is 13.1 Å². The molecule has 0 saturated carbocycles. The van der Waals surface area contributed by atoms with E-state index in [2.05, 4.69) is 5.32 Å². The van der Waals surface area contributed by atoms with Gasteiger partial charge in [0.2, 0.25) is 11.8 Å². The first-order valence-corrected chi connectivity index (χ1v) is 6.83. The molecule has 0 unspecified atom stereocenters. The zero-order chi connectivity index (χ0) is 13.1. The summed E-state index contributed by atoms with van der Waals surface area (Å²) in [5.74, 6) is 0.548. The third-order valence-electron chi connectivity index (χ3n) is 2.72. The van der Waals surface area contributed by atoms with Crippen LogP contribution in [0.25, 0.3) is 0 Å². The number of carbonyl (C=O) groups excluding carboxylic acids is 2. The van der Waals surface area contributed by atoms with Gasteiger partial charge in [0.15, 0.2) is 0 Å². The topological polar surface area (TPSA) is 62.6 Å². The Balaban J connectivity index is 2.13. The molecule has 98 valence electrons. The van der Waals surface area contributed by atoms with E-state index in [-0.39, 0.29) is 29.0 Å². The van der Waals surface area contributed by atoms with Crippen LogP contribution in [0.1, 0.15) is 25.0 Å². The van der Waals surface area contributed by atoms with Crippen molar-refractivity contribution in [1.82, 2.24) is 10.2 Å². The summed E-state index contributed by atoms with van der Waals surface area (Å²) in [6.07, 6.45) is 1.58. The van der Waals surface area contributed by atoms with Crippen molar-refractivity contribution in [3.63, 3.8) is 0 Å². The predicted molar refractivity (Wildman–Crippen MR) is 68.9 cm³/mol. The quantitative estimate of drug-likeness (QED) is 0.896. The van der Waals surface area contributed by atoms with Crippen molar-refractivity contribution >= 4 is 23.6 Å². The van der Waals surface area contributed by atoms with Gasteiger partial charge < -0.3 is 14.6 Å². The number of likely N-dealkylation sites (N-methyl/N-ethyl adjacent to an activating group) is 1. The Morgan fingerprint density at radius 3 is 3.00 bits per heavy atom. The van der Waals surface area contributed by atoms with Crippen LogP contribution < -0.4 is 5.32 Å². The molecule has 0 aliphatic carbocycles. The average Bonchev–Trinajstić information content (AvgIpc) is 2.93. The third kappa shape index (κ3) is 2.53. The number of furan rings is 1. The van der Waals surface area contributed by atoms with E-state index < -0.39 is 0 Å². The summed E-state index contributed by atoms with van der Waals surface area (Å²) in [6, 6.07) is 3.61. The zero-order valence-electron chi connectivity index (χ0n) is 10.4. The number of thioether (sulfide) groups is 1. The molecule has 1 saturated heterocycles. The highest BCUT2D eigenvalue weighted by Crippen LogP contribution is 2.42. The van der Waals surface area contributed by atoms with Gasteiger partial charge in [-0.05, 0) is 26.0 Å². The molecule has 6 heteroatoms. The van der Waals surface area contributed by atoms with Gasteiger partial charge in [0.1, 0.15) is 17.7 Å². The zero-order valence-corrected chi connectivity index (χ0v) is 11.2. The maximum Gasteiger partial charge on any atom is 0.239 e. The van der Waals surface area contributed by atoms with Gasteiger partial charge in [-0.2, -0.15) is 0 Å². The molecule has 1 aliphatic rings. The minimum atomic E-state index is -0.204. The van der Waals surface area contributed by atoms with E-state index in [0.717, 1.165) is 0 Å². The summed E-state index contributed by atoms with van der Waals surface area (Å²) >= 11 is 1.50. The number of nitrogens with zero attached hydrogens (tertiary/aromatic N) is 1. The summed E-state index contributed by atoms with van der Waals surface area (Å²) in [5.41, 5.74) is 0. The van der Waals surface area contributed by atoms with Crippen LogP contribution in [0.2, 0.25) is 0 Å². The molecule has 0 aromatic carbocycles. The normalized spacial score (nSPS) is 23.4. The maximum absolute atomic E-state index is 12.0. The van der Waals surface area contributed by atoms with Crippen molar-refractivity contribution in [1.29, 1.82) is 0 Å². The van der Waals surface area contributed by atoms with Gasteiger partial charge >= 0.3 is 0 Å². The second-order valence-corrected chi connectivity index (χ2v) is 5.49. The minimum Gasteiger partial charge on any atom is -0.466 e. The molecule has 0 bridgehead atoms. The van der Waals surface area contributed by atoms with Crippen LogP contribution in [-0.2, 0) is 9.59 Å². The lowest BCUT2D eigenvalue weighted by atomic mass is 10.3. The SMILES string of the molecule is CCNC(=O)CN1C(=O)[C@H](C)S[C@H]1c1ccco1. The average molecular weight is 268 g/mol. The molecule has 0 spiro atoms. The highest BCUT2D eigenvalue weighted by Gasteiger charge is 2.40. The second kappa shape index (κ2) is 5.48. The van der Waals surface area contributed by atoms with Crippen molar-refractivity contribution in [3.8, 4) is 0 Å². The largest absolute Gasteiger partial charge is 0.466 e. The van der Waals surface area contributed by atoms with Gasteiger partial charge in [-0.1, -0.05) is 0 Å². The number of hydrogen-bond acceptors (Lipinski definition) is 4. The first-order valence-electron chi connectivity index (χ1n) is 5.89. The molecule has 2 amide bonds. The van der Waals surface area contributed by atoms with Crippen molar-refractivity contribution in [2.45, 2.75) is 24.5 Å². The van der Waals surface area contributed by atoms with E-state index in [9.17, 15) is 9.59 Å². The van der Waals surface area contributed by atoms with Crippen LogP contribution in [0.5, 0.6) is 0 Å². The number of carbonyl (C=O) groups is 2. The van der Waals surface area contributed by atoms with E-state index in [4.69, 9.17) is 4.42 Å². The van der Waals surface area contributed by atoms with Crippen molar-refractivity contribution in [2.24, 2.45) is 0 Å². The second-order valence-electron chi connectivity index (χ2n) is 4.07. The minimum absolute atomic E-state index is 0.0207. The fourth-order valence-electron chi connectivity index (χ4n) is 1.90. The van der Waals surface area contributed by atoms with Crippen LogP contribution in [0.4, 0.5) is 0 Å². The number of nitrogens with one attached hydrogen (secondary N) is 1. The summed E-state index contributed by atoms with van der Waals surface area (Å²) in [6.45, 7) is 4.34. The van der Waals surface area contributed by atoms with E-state index in [1.807, 2.05) is 19.9 Å². The summed E-state index contributed by atoms with van der Waals surface area (Å²) in [5, 5.41) is 2.35. The molecule has 5 nitrogen and oxygen atoms in total. The lowest BCUT2D eigenvalue weighted by Gasteiger charge is -2.21. The van der Waals surface area contributed by atoms with Crippen molar-refractivity contribution < 1.29 is 14.0 Å². The molecule has 1 aromatic rings. The molecule has 2 heterocycles. The Kier molecular flexibility index (Phi) is 3.96. The Bertz CT molecular complexity index is 433. The third-order valence-corrected chi connectivity index (χ3v) is 4.08. The van der Waals surface area contributed by atoms with E-state index in [1.165, 1.54) is 11.8 Å². The molecule has 1 aromatic heterocycles. The Hall–Kier alpha value is -1.43. The van der Waals surface area contributed by atoms with Crippen molar-refractivity contribution in [3.05, 3.63) is 24.2 Å². The fourth-order valence-corrected chi connectivity index (χ4v) is 3.13. The lowest BCUT2D eigenvalue weighted by molar-refractivity contribution is -0.135. The molecule has 1 N–H and O–H groups in total. The van der Waals surface area contributed by atoms with Gasteiger partial charge in [0.05, 0.1) is 11.5 Å². The van der Waals surface area contributed by atoms with Gasteiger partial charge in [-0.3, -0.25) is 9.59 Å². The van der Waals surface area contributed by atoms with Crippen LogP contribution in [0, 0.1) is 0 Å². The predicted octanol–water partition coefficient (Wildman–Crippen LogP) is 1.38. The maximum atomic E-state index is 12.0. The summed E-state index contributed by atoms with van der Waals surface area (Å²) in [7, 11) is 0. The Morgan fingerprint density at radius 2 is 2.39 bits per heavy atom. The highest BCUT2D eigenvalue weighted by molar-refractivity contribution is 8.01. The van der Waals surface area contributed by atoms with E-state index >= 15 is 0 Å². The molecule has 18 heavy (non-hydrogen) atoms. The molecule has 1 aliphatic heterocycles. The van der Waals surface area contributed by atoms with Gasteiger partial charge in [-0.25, -0.2) is 0 Å². The summed E-state index contributed by atoms with van der Waals surface area (Å²) < 4.78 is 5.34. The summed E-state index contributed by atoms with van der Waals surface area (Å²) in [4.78, 5) is 25.2. The molecular formula is C12H16N2O3S. The van der Waals surface area contributed by atoms with E-state index in [1.54, 1.807) is 17.2 Å². The van der Waals surface area contributed by atoms with Crippen LogP contribution in [-0.4, -0.2) is 35.1 Å². The van der Waals surface area contributed by atoms with Gasteiger partial charge in [0, 0.05) is 6.54 Å². The van der Waals surface area contributed by atoms with E-state index in [0.29, 0.717) is 12.3 Å². The molecule has 2 rings (SSSR count). The molecular weight excluding hydrogens is 252 g/mol. The van der Waals surface area contributed by atoms with Crippen LogP contribution in [0.3, 0.4) is 0 Å².